The molecule has 0 unspecified atom stereocenters. The van der Waals surface area contributed by atoms with Gasteiger partial charge in [0.15, 0.2) is 0 Å². The molecule has 0 spiro atoms. The van der Waals surface area contributed by atoms with Crippen molar-refractivity contribution in [2.75, 3.05) is 39.0 Å². The lowest BCUT2D eigenvalue weighted by atomic mass is 9.96. The van der Waals surface area contributed by atoms with Crippen molar-refractivity contribution < 1.29 is 9.53 Å². The molecule has 1 aromatic carbocycles. The number of benzene rings is 1. The highest BCUT2D eigenvalue weighted by molar-refractivity contribution is 5.78. The maximum atomic E-state index is 11.5. The molecule has 1 fully saturated rings. The van der Waals surface area contributed by atoms with E-state index in [9.17, 15) is 4.79 Å². The molecular formula is C15H23N3O2. The first kappa shape index (κ1) is 14.7. The Morgan fingerprint density at radius 3 is 2.75 bits per heavy atom. The Kier molecular flexibility index (Phi) is 5.24. The number of rotatable bonds is 5. The molecule has 110 valence electrons. The van der Waals surface area contributed by atoms with Gasteiger partial charge in [-0.25, -0.2) is 0 Å². The summed E-state index contributed by atoms with van der Waals surface area (Å²) in [5.74, 6) is 1.08. The minimum atomic E-state index is 0.165. The van der Waals surface area contributed by atoms with Gasteiger partial charge < -0.3 is 15.8 Å². The lowest BCUT2D eigenvalue weighted by molar-refractivity contribution is -0.125. The highest BCUT2D eigenvalue weighted by atomic mass is 16.5. The fraction of sp³-hybridized carbons (Fsp3) is 0.533. The van der Waals surface area contributed by atoms with Crippen molar-refractivity contribution in [3.8, 4) is 5.75 Å². The van der Waals surface area contributed by atoms with Crippen molar-refractivity contribution in [3.63, 3.8) is 0 Å². The number of carbonyl (C=O) groups excluding carboxylic acids is 1. The van der Waals surface area contributed by atoms with E-state index >= 15 is 0 Å². The molecule has 1 saturated heterocycles. The van der Waals surface area contributed by atoms with E-state index in [4.69, 9.17) is 10.5 Å². The van der Waals surface area contributed by atoms with Gasteiger partial charge in [-0.1, -0.05) is 12.1 Å². The maximum absolute atomic E-state index is 11.5. The molecule has 0 bridgehead atoms. The van der Waals surface area contributed by atoms with Crippen molar-refractivity contribution in [1.82, 2.24) is 10.2 Å². The van der Waals surface area contributed by atoms with Crippen molar-refractivity contribution in [2.45, 2.75) is 12.8 Å². The molecule has 1 aromatic rings. The van der Waals surface area contributed by atoms with E-state index < -0.39 is 0 Å². The molecule has 5 nitrogen and oxygen atoms in total. The Hall–Kier alpha value is -1.75. The molecule has 1 aliphatic heterocycles. The van der Waals surface area contributed by atoms with Gasteiger partial charge in [-0.2, -0.15) is 0 Å². The summed E-state index contributed by atoms with van der Waals surface area (Å²) in [4.78, 5) is 13.9. The smallest absolute Gasteiger partial charge is 0.222 e. The molecule has 2 rings (SSSR count). The predicted octanol–water partition coefficient (Wildman–Crippen LogP) is 1.11. The highest BCUT2D eigenvalue weighted by Crippen LogP contribution is 2.20. The normalized spacial score (nSPS) is 16.9. The third-order valence-electron chi connectivity index (χ3n) is 3.79. The largest absolute Gasteiger partial charge is 0.490 e. The number of nitrogens with two attached hydrogens (primary N) is 1. The Bertz CT molecular complexity index is 442. The van der Waals surface area contributed by atoms with Crippen LogP contribution in [0.25, 0.3) is 0 Å². The number of carbonyl (C=O) groups is 1. The molecule has 0 aromatic heterocycles. The zero-order valence-corrected chi connectivity index (χ0v) is 12.0. The molecule has 3 N–H and O–H groups in total. The highest BCUT2D eigenvalue weighted by Gasteiger charge is 2.23. The summed E-state index contributed by atoms with van der Waals surface area (Å²) < 4.78 is 5.69. The maximum Gasteiger partial charge on any atom is 0.222 e. The average molecular weight is 277 g/mol. The number of amides is 1. The fourth-order valence-electron chi connectivity index (χ4n) is 2.52. The van der Waals surface area contributed by atoms with Crippen LogP contribution in [0.2, 0.25) is 0 Å². The second-order valence-corrected chi connectivity index (χ2v) is 5.12. The van der Waals surface area contributed by atoms with E-state index in [0.29, 0.717) is 12.3 Å². The number of hydrogen-bond acceptors (Lipinski definition) is 4. The minimum absolute atomic E-state index is 0.165. The molecule has 5 heteroatoms. The van der Waals surface area contributed by atoms with Crippen LogP contribution in [0.1, 0.15) is 12.8 Å². The van der Waals surface area contributed by atoms with Crippen LogP contribution in [-0.4, -0.2) is 44.1 Å². The van der Waals surface area contributed by atoms with Crippen molar-refractivity contribution >= 4 is 11.6 Å². The molecule has 0 atom stereocenters. The van der Waals surface area contributed by atoms with Gasteiger partial charge in [-0.05, 0) is 38.1 Å². The Labute approximate surface area is 120 Å². The second kappa shape index (κ2) is 7.14. The fourth-order valence-corrected chi connectivity index (χ4v) is 2.52. The van der Waals surface area contributed by atoms with Gasteiger partial charge >= 0.3 is 0 Å². The van der Waals surface area contributed by atoms with Crippen LogP contribution in [0.4, 0.5) is 5.69 Å². The number of piperidine rings is 1. The number of likely N-dealkylation sites (tertiary alicyclic amines) is 1. The molecular weight excluding hydrogens is 254 g/mol. The first-order chi connectivity index (χ1) is 9.70. The summed E-state index contributed by atoms with van der Waals surface area (Å²) in [6.07, 6.45) is 1.85. The molecule has 0 radical (unpaired) electrons. The number of anilines is 1. The van der Waals surface area contributed by atoms with Crippen LogP contribution in [0.5, 0.6) is 5.75 Å². The predicted molar refractivity (Wildman–Crippen MR) is 79.6 cm³/mol. The van der Waals surface area contributed by atoms with Crippen molar-refractivity contribution in [2.24, 2.45) is 5.92 Å². The summed E-state index contributed by atoms with van der Waals surface area (Å²) in [5, 5.41) is 2.72. The molecule has 0 saturated carbocycles. The molecule has 1 amide bonds. The van der Waals surface area contributed by atoms with Gasteiger partial charge in [0.1, 0.15) is 12.4 Å². The first-order valence-electron chi connectivity index (χ1n) is 7.12. The standard InChI is InChI=1S/C15H23N3O2/c1-17-15(19)12-6-8-18(9-7-12)10-11-20-14-5-3-2-4-13(14)16/h2-5,12H,6-11,16H2,1H3,(H,17,19). The number of nitrogen functional groups attached to an aromatic ring is 1. The van der Waals surface area contributed by atoms with E-state index in [-0.39, 0.29) is 11.8 Å². The van der Waals surface area contributed by atoms with Crippen LogP contribution in [0.15, 0.2) is 24.3 Å². The first-order valence-corrected chi connectivity index (χ1v) is 7.12. The molecule has 1 heterocycles. The number of hydrogen-bond donors (Lipinski definition) is 2. The lowest BCUT2D eigenvalue weighted by Crippen LogP contribution is -2.41. The van der Waals surface area contributed by atoms with Crippen LogP contribution >= 0.6 is 0 Å². The third kappa shape index (κ3) is 3.87. The van der Waals surface area contributed by atoms with E-state index in [1.54, 1.807) is 7.05 Å². The van der Waals surface area contributed by atoms with Crippen LogP contribution in [0, 0.1) is 5.92 Å². The number of ether oxygens (including phenoxy) is 1. The average Bonchev–Trinajstić information content (AvgIpc) is 2.49. The van der Waals surface area contributed by atoms with E-state index in [2.05, 4.69) is 10.2 Å². The van der Waals surface area contributed by atoms with E-state index in [0.717, 1.165) is 38.2 Å². The van der Waals surface area contributed by atoms with Gasteiger partial charge in [0, 0.05) is 19.5 Å². The number of para-hydroxylation sites is 2. The Balaban J connectivity index is 1.69. The summed E-state index contributed by atoms with van der Waals surface area (Å²) in [5.41, 5.74) is 6.50. The van der Waals surface area contributed by atoms with E-state index in [1.165, 1.54) is 0 Å². The summed E-state index contributed by atoms with van der Waals surface area (Å²) >= 11 is 0. The molecule has 1 aliphatic rings. The zero-order chi connectivity index (χ0) is 14.4. The Morgan fingerprint density at radius 2 is 2.10 bits per heavy atom. The van der Waals surface area contributed by atoms with Crippen LogP contribution in [-0.2, 0) is 4.79 Å². The van der Waals surface area contributed by atoms with Gasteiger partial charge in [-0.3, -0.25) is 9.69 Å². The molecule has 20 heavy (non-hydrogen) atoms. The quantitative estimate of drug-likeness (QED) is 0.791. The zero-order valence-electron chi connectivity index (χ0n) is 12.0. The van der Waals surface area contributed by atoms with Gasteiger partial charge in [0.25, 0.3) is 0 Å². The number of nitrogens with zero attached hydrogens (tertiary/aromatic N) is 1. The van der Waals surface area contributed by atoms with Gasteiger partial charge in [0.05, 0.1) is 5.69 Å². The molecule has 0 aliphatic carbocycles. The topological polar surface area (TPSA) is 67.6 Å². The van der Waals surface area contributed by atoms with Crippen LogP contribution in [0.3, 0.4) is 0 Å². The third-order valence-corrected chi connectivity index (χ3v) is 3.79. The summed E-state index contributed by atoms with van der Waals surface area (Å²) in [7, 11) is 1.70. The summed E-state index contributed by atoms with van der Waals surface area (Å²) in [6, 6.07) is 7.53. The van der Waals surface area contributed by atoms with Crippen molar-refractivity contribution in [1.29, 1.82) is 0 Å². The second-order valence-electron chi connectivity index (χ2n) is 5.12. The van der Waals surface area contributed by atoms with Gasteiger partial charge in [-0.15, -0.1) is 0 Å². The van der Waals surface area contributed by atoms with Crippen LogP contribution < -0.4 is 15.8 Å². The lowest BCUT2D eigenvalue weighted by Gasteiger charge is -2.30. The van der Waals surface area contributed by atoms with Gasteiger partial charge in [0.2, 0.25) is 5.91 Å². The number of nitrogens with one attached hydrogen (secondary N) is 1. The minimum Gasteiger partial charge on any atom is -0.490 e. The SMILES string of the molecule is CNC(=O)C1CCN(CCOc2ccccc2N)CC1. The Morgan fingerprint density at radius 1 is 1.40 bits per heavy atom. The van der Waals surface area contributed by atoms with E-state index in [1.807, 2.05) is 24.3 Å². The van der Waals surface area contributed by atoms with Crippen molar-refractivity contribution in [3.05, 3.63) is 24.3 Å². The monoisotopic (exact) mass is 277 g/mol. The summed E-state index contributed by atoms with van der Waals surface area (Å²) in [6.45, 7) is 3.39.